The molecular weight excluding hydrogens is 537 g/mol. The van der Waals surface area contributed by atoms with Gasteiger partial charge in [-0.05, 0) is 55.7 Å². The highest BCUT2D eigenvalue weighted by Crippen LogP contribution is 2.39. The number of likely N-dealkylation sites (tertiary alicyclic amines) is 1. The topological polar surface area (TPSA) is 54.7 Å². The number of benzene rings is 1. The summed E-state index contributed by atoms with van der Waals surface area (Å²) in [7, 11) is 1.98. The van der Waals surface area contributed by atoms with Crippen LogP contribution in [0, 0.1) is 5.92 Å². The Bertz CT molecular complexity index is 896. The first kappa shape index (κ1) is 25.3. The van der Waals surface area contributed by atoms with Crippen LogP contribution in [0.25, 0.3) is 0 Å². The number of nitrogens with zero attached hydrogens (tertiary/aromatic N) is 4. The lowest BCUT2D eigenvalue weighted by Crippen LogP contribution is -2.43. The lowest BCUT2D eigenvalue weighted by molar-refractivity contribution is 0.0530. The summed E-state index contributed by atoms with van der Waals surface area (Å²) < 4.78 is 7.57. The summed E-state index contributed by atoms with van der Waals surface area (Å²) in [4.78, 5) is 7.58. The van der Waals surface area contributed by atoms with E-state index in [9.17, 15) is 0 Å². The third kappa shape index (κ3) is 5.97. The maximum absolute atomic E-state index is 6.63. The van der Waals surface area contributed by atoms with Gasteiger partial charge in [-0.3, -0.25) is 9.67 Å². The number of hydrogen-bond acceptors (Lipinski definition) is 3. The third-order valence-corrected chi connectivity index (χ3v) is 6.96. The number of rotatable bonds is 6. The summed E-state index contributed by atoms with van der Waals surface area (Å²) in [6, 6.07) is 8.23. The van der Waals surface area contributed by atoms with Gasteiger partial charge in [-0.1, -0.05) is 29.8 Å². The van der Waals surface area contributed by atoms with Gasteiger partial charge in [0.1, 0.15) is 0 Å². The zero-order valence-corrected chi connectivity index (χ0v) is 22.2. The molecule has 2 aliphatic rings. The molecule has 1 N–H and O–H groups in total. The average Bonchev–Trinajstić information content (AvgIpc) is 3.41. The third-order valence-electron chi connectivity index (χ3n) is 6.63. The number of halogens is 2. The summed E-state index contributed by atoms with van der Waals surface area (Å²) in [5, 5.41) is 8.68. The lowest BCUT2D eigenvalue weighted by atomic mass is 9.74. The van der Waals surface area contributed by atoms with Gasteiger partial charge in [0.05, 0.1) is 12.7 Å². The molecule has 0 radical (unpaired) electrons. The Balaban J connectivity index is 0.00000289. The first-order valence-electron chi connectivity index (χ1n) is 11.4. The summed E-state index contributed by atoms with van der Waals surface area (Å²) in [5.74, 6) is 1.66. The van der Waals surface area contributed by atoms with E-state index in [1.807, 2.05) is 30.1 Å². The Hall–Kier alpha value is -1.32. The predicted molar refractivity (Wildman–Crippen MR) is 141 cm³/mol. The van der Waals surface area contributed by atoms with Crippen LogP contribution in [-0.4, -0.2) is 60.0 Å². The second kappa shape index (κ2) is 11.7. The number of aliphatic imine (C=N–C) groups is 1. The summed E-state index contributed by atoms with van der Waals surface area (Å²) >= 11 is 6.63. The van der Waals surface area contributed by atoms with Crippen molar-refractivity contribution in [1.82, 2.24) is 20.0 Å². The van der Waals surface area contributed by atoms with Crippen molar-refractivity contribution in [3.63, 3.8) is 0 Å². The van der Waals surface area contributed by atoms with E-state index in [2.05, 4.69) is 40.6 Å². The van der Waals surface area contributed by atoms with Crippen molar-refractivity contribution < 1.29 is 4.74 Å². The minimum Gasteiger partial charge on any atom is -0.381 e. The fraction of sp³-hybridized carbons (Fsp3) is 0.583. The van der Waals surface area contributed by atoms with Crippen molar-refractivity contribution in [2.24, 2.45) is 18.0 Å². The molecule has 2 saturated heterocycles. The SMILES string of the molecule is CCNC(=NCC1(c2ccccc2Cl)CCOCC1)N1CCC(Cc2cnn(C)c2)C1.I. The van der Waals surface area contributed by atoms with Gasteiger partial charge in [0, 0.05) is 56.5 Å². The summed E-state index contributed by atoms with van der Waals surface area (Å²) in [6.07, 6.45) is 8.26. The molecule has 176 valence electrons. The van der Waals surface area contributed by atoms with Crippen LogP contribution in [0.1, 0.15) is 37.3 Å². The van der Waals surface area contributed by atoms with Gasteiger partial charge in [0.25, 0.3) is 0 Å². The second-order valence-corrected chi connectivity index (χ2v) is 9.28. The maximum atomic E-state index is 6.63. The molecule has 4 rings (SSSR count). The fourth-order valence-electron chi connectivity index (χ4n) is 4.92. The van der Waals surface area contributed by atoms with E-state index in [0.29, 0.717) is 5.92 Å². The Morgan fingerprint density at radius 3 is 2.78 bits per heavy atom. The van der Waals surface area contributed by atoms with Gasteiger partial charge in [0.2, 0.25) is 0 Å². The molecule has 0 aliphatic carbocycles. The molecular formula is C24H35ClIN5O. The zero-order valence-electron chi connectivity index (χ0n) is 19.1. The van der Waals surface area contributed by atoms with E-state index >= 15 is 0 Å². The fourth-order valence-corrected chi connectivity index (χ4v) is 5.26. The molecule has 1 unspecified atom stereocenters. The van der Waals surface area contributed by atoms with Gasteiger partial charge in [-0.2, -0.15) is 5.10 Å². The minimum atomic E-state index is -0.0634. The molecule has 0 bridgehead atoms. The van der Waals surface area contributed by atoms with Crippen LogP contribution < -0.4 is 5.32 Å². The van der Waals surface area contributed by atoms with Crippen LogP contribution in [-0.2, 0) is 23.6 Å². The molecule has 2 aromatic rings. The first-order chi connectivity index (χ1) is 15.1. The van der Waals surface area contributed by atoms with Crippen molar-refractivity contribution in [2.75, 3.05) is 39.4 Å². The number of ether oxygens (including phenoxy) is 1. The van der Waals surface area contributed by atoms with Crippen LogP contribution in [0.2, 0.25) is 5.02 Å². The van der Waals surface area contributed by atoms with E-state index in [4.69, 9.17) is 21.3 Å². The number of nitrogens with one attached hydrogen (secondary N) is 1. The Kier molecular flexibility index (Phi) is 9.25. The van der Waals surface area contributed by atoms with Crippen LogP contribution >= 0.6 is 35.6 Å². The van der Waals surface area contributed by atoms with E-state index in [1.165, 1.54) is 17.5 Å². The lowest BCUT2D eigenvalue weighted by Gasteiger charge is -2.37. The quantitative estimate of drug-likeness (QED) is 0.320. The van der Waals surface area contributed by atoms with E-state index in [1.54, 1.807) is 0 Å². The summed E-state index contributed by atoms with van der Waals surface area (Å²) in [6.45, 7) is 7.32. The number of guanidine groups is 1. The molecule has 0 spiro atoms. The average molecular weight is 572 g/mol. The zero-order chi connectivity index (χ0) is 21.7. The smallest absolute Gasteiger partial charge is 0.193 e. The number of aryl methyl sites for hydroxylation is 1. The molecule has 1 aromatic heterocycles. The van der Waals surface area contributed by atoms with Gasteiger partial charge in [0.15, 0.2) is 5.96 Å². The normalized spacial score (nSPS) is 20.8. The van der Waals surface area contributed by atoms with Crippen molar-refractivity contribution in [2.45, 2.75) is 38.0 Å². The van der Waals surface area contributed by atoms with Crippen molar-refractivity contribution in [3.8, 4) is 0 Å². The van der Waals surface area contributed by atoms with Crippen molar-refractivity contribution in [1.29, 1.82) is 0 Å². The molecule has 32 heavy (non-hydrogen) atoms. The van der Waals surface area contributed by atoms with Gasteiger partial charge in [-0.25, -0.2) is 0 Å². The molecule has 2 fully saturated rings. The van der Waals surface area contributed by atoms with Gasteiger partial charge in [-0.15, -0.1) is 24.0 Å². The number of hydrogen-bond donors (Lipinski definition) is 1. The molecule has 0 saturated carbocycles. The van der Waals surface area contributed by atoms with E-state index < -0.39 is 0 Å². The van der Waals surface area contributed by atoms with Crippen molar-refractivity contribution >= 4 is 41.5 Å². The largest absolute Gasteiger partial charge is 0.381 e. The highest BCUT2D eigenvalue weighted by molar-refractivity contribution is 14.0. The monoisotopic (exact) mass is 571 g/mol. The standard InChI is InChI=1S/C24H34ClN5O.HI/c1-3-26-23(30-11-8-19(17-30)14-20-15-28-29(2)16-20)27-18-24(9-12-31-13-10-24)21-6-4-5-7-22(21)25;/h4-7,15-16,19H,3,8-14,17-18H2,1-2H3,(H,26,27);1H. The van der Waals surface area contributed by atoms with Crippen LogP contribution in [0.4, 0.5) is 0 Å². The molecule has 3 heterocycles. The second-order valence-electron chi connectivity index (χ2n) is 8.87. The molecule has 8 heteroatoms. The number of aromatic nitrogens is 2. The van der Waals surface area contributed by atoms with Crippen molar-refractivity contribution in [3.05, 3.63) is 52.8 Å². The van der Waals surface area contributed by atoms with Gasteiger partial charge >= 0.3 is 0 Å². The highest BCUT2D eigenvalue weighted by atomic mass is 127. The van der Waals surface area contributed by atoms with Crippen LogP contribution in [0.3, 0.4) is 0 Å². The highest BCUT2D eigenvalue weighted by Gasteiger charge is 2.36. The minimum absolute atomic E-state index is 0. The molecule has 1 aromatic carbocycles. The predicted octanol–water partition coefficient (Wildman–Crippen LogP) is 4.27. The van der Waals surface area contributed by atoms with E-state index in [-0.39, 0.29) is 29.4 Å². The van der Waals surface area contributed by atoms with Crippen LogP contribution in [0.5, 0.6) is 0 Å². The molecule has 2 aliphatic heterocycles. The summed E-state index contributed by atoms with van der Waals surface area (Å²) in [5.41, 5.74) is 2.46. The van der Waals surface area contributed by atoms with Crippen LogP contribution in [0.15, 0.2) is 41.7 Å². The molecule has 0 amide bonds. The van der Waals surface area contributed by atoms with E-state index in [0.717, 1.165) is 69.6 Å². The Morgan fingerprint density at radius 1 is 1.31 bits per heavy atom. The Labute approximate surface area is 213 Å². The Morgan fingerprint density at radius 2 is 2.09 bits per heavy atom. The van der Waals surface area contributed by atoms with Gasteiger partial charge < -0.3 is 15.0 Å². The first-order valence-corrected chi connectivity index (χ1v) is 11.8. The molecule has 6 nitrogen and oxygen atoms in total. The maximum Gasteiger partial charge on any atom is 0.193 e. The molecule has 1 atom stereocenters.